The number of nitrogens with zero attached hydrogens (tertiary/aromatic N) is 3. The van der Waals surface area contributed by atoms with Gasteiger partial charge in [-0.3, -0.25) is 0 Å². The van der Waals surface area contributed by atoms with E-state index >= 15 is 0 Å². The summed E-state index contributed by atoms with van der Waals surface area (Å²) in [5.74, 6) is -1.08. The molecule has 0 bridgehead atoms. The SMILES string of the molecule is CCOc1cc(N=CN(C)CC)c(C)cc1C(O)(Cc1cccc(F)n1)C(F)(F)F. The smallest absolute Gasteiger partial charge is 0.421 e. The highest BCUT2D eigenvalue weighted by molar-refractivity contribution is 5.65. The van der Waals surface area contributed by atoms with E-state index in [0.717, 1.165) is 6.07 Å². The van der Waals surface area contributed by atoms with Crippen LogP contribution in [0.15, 0.2) is 35.3 Å². The number of hydrogen-bond acceptors (Lipinski definition) is 4. The van der Waals surface area contributed by atoms with Gasteiger partial charge in [-0.15, -0.1) is 0 Å². The van der Waals surface area contributed by atoms with Gasteiger partial charge in [0.1, 0.15) is 5.75 Å². The average molecular weight is 427 g/mol. The van der Waals surface area contributed by atoms with Crippen molar-refractivity contribution in [3.8, 4) is 5.75 Å². The molecule has 5 nitrogen and oxygen atoms in total. The van der Waals surface area contributed by atoms with Crippen LogP contribution < -0.4 is 4.74 Å². The van der Waals surface area contributed by atoms with E-state index < -0.39 is 29.7 Å². The molecule has 0 saturated heterocycles. The fourth-order valence-electron chi connectivity index (χ4n) is 2.82. The molecule has 1 N–H and O–H groups in total. The van der Waals surface area contributed by atoms with Crippen LogP contribution in [0.1, 0.15) is 30.7 Å². The van der Waals surface area contributed by atoms with Gasteiger partial charge in [0.15, 0.2) is 5.60 Å². The van der Waals surface area contributed by atoms with Gasteiger partial charge in [0, 0.05) is 37.3 Å². The lowest BCUT2D eigenvalue weighted by molar-refractivity contribution is -0.267. The van der Waals surface area contributed by atoms with Gasteiger partial charge in [-0.25, -0.2) is 9.98 Å². The highest BCUT2D eigenvalue weighted by Gasteiger charge is 2.56. The Hall–Kier alpha value is -2.68. The van der Waals surface area contributed by atoms with E-state index in [1.807, 2.05) is 14.0 Å². The van der Waals surface area contributed by atoms with E-state index in [1.165, 1.54) is 24.3 Å². The largest absolute Gasteiger partial charge is 0.493 e. The third kappa shape index (κ3) is 5.27. The Morgan fingerprint density at radius 3 is 2.50 bits per heavy atom. The molecule has 0 amide bonds. The van der Waals surface area contributed by atoms with Gasteiger partial charge in [-0.05, 0) is 44.5 Å². The van der Waals surface area contributed by atoms with Crippen LogP contribution in [0.3, 0.4) is 0 Å². The molecule has 1 unspecified atom stereocenters. The Morgan fingerprint density at radius 2 is 1.93 bits per heavy atom. The molecule has 1 heterocycles. The van der Waals surface area contributed by atoms with E-state index in [0.29, 0.717) is 17.8 Å². The van der Waals surface area contributed by atoms with Crippen molar-refractivity contribution in [3.05, 3.63) is 53.1 Å². The van der Waals surface area contributed by atoms with Gasteiger partial charge >= 0.3 is 6.18 Å². The van der Waals surface area contributed by atoms with Crippen molar-refractivity contribution in [1.29, 1.82) is 0 Å². The molecule has 164 valence electrons. The summed E-state index contributed by atoms with van der Waals surface area (Å²) in [5.41, 5.74) is -3.20. The fourth-order valence-corrected chi connectivity index (χ4v) is 2.82. The lowest BCUT2D eigenvalue weighted by Gasteiger charge is -2.32. The number of rotatable bonds is 8. The van der Waals surface area contributed by atoms with Crippen LogP contribution in [-0.2, 0) is 12.0 Å². The lowest BCUT2D eigenvalue weighted by atomic mass is 9.86. The van der Waals surface area contributed by atoms with Crippen LogP contribution in [-0.4, -0.2) is 47.7 Å². The zero-order valence-electron chi connectivity index (χ0n) is 17.3. The molecule has 0 radical (unpaired) electrons. The fraction of sp³-hybridized carbons (Fsp3) is 0.429. The van der Waals surface area contributed by atoms with Gasteiger partial charge in [0.25, 0.3) is 0 Å². The van der Waals surface area contributed by atoms with Gasteiger partial charge < -0.3 is 14.7 Å². The van der Waals surface area contributed by atoms with Crippen molar-refractivity contribution in [2.75, 3.05) is 20.2 Å². The number of ether oxygens (including phenoxy) is 1. The highest BCUT2D eigenvalue weighted by Crippen LogP contribution is 2.46. The second kappa shape index (κ2) is 9.42. The van der Waals surface area contributed by atoms with Crippen molar-refractivity contribution in [2.24, 2.45) is 4.99 Å². The Bertz CT molecular complexity index is 902. The average Bonchev–Trinajstić information content (AvgIpc) is 2.66. The summed E-state index contributed by atoms with van der Waals surface area (Å²) >= 11 is 0. The third-order valence-electron chi connectivity index (χ3n) is 4.61. The normalized spacial score (nSPS) is 14.0. The Balaban J connectivity index is 2.62. The summed E-state index contributed by atoms with van der Waals surface area (Å²) in [6.07, 6.45) is -4.47. The van der Waals surface area contributed by atoms with Crippen LogP contribution in [0, 0.1) is 12.9 Å². The number of aryl methyl sites for hydroxylation is 1. The van der Waals surface area contributed by atoms with Crippen molar-refractivity contribution >= 4 is 12.0 Å². The highest BCUT2D eigenvalue weighted by atomic mass is 19.4. The zero-order chi connectivity index (χ0) is 22.5. The zero-order valence-corrected chi connectivity index (χ0v) is 17.3. The summed E-state index contributed by atoms with van der Waals surface area (Å²) in [4.78, 5) is 9.57. The Morgan fingerprint density at radius 1 is 1.23 bits per heavy atom. The van der Waals surface area contributed by atoms with Crippen molar-refractivity contribution in [2.45, 2.75) is 39.0 Å². The van der Waals surface area contributed by atoms with E-state index in [4.69, 9.17) is 4.74 Å². The van der Waals surface area contributed by atoms with Gasteiger partial charge in [0.2, 0.25) is 5.95 Å². The first-order valence-electron chi connectivity index (χ1n) is 9.44. The molecule has 30 heavy (non-hydrogen) atoms. The first kappa shape index (κ1) is 23.6. The molecule has 1 aromatic carbocycles. The molecular formula is C21H25F4N3O2. The van der Waals surface area contributed by atoms with Crippen molar-refractivity contribution in [1.82, 2.24) is 9.88 Å². The molecule has 0 aliphatic carbocycles. The van der Waals surface area contributed by atoms with Gasteiger partial charge in [-0.1, -0.05) is 6.07 Å². The molecule has 2 rings (SSSR count). The van der Waals surface area contributed by atoms with Crippen LogP contribution in [0.5, 0.6) is 5.75 Å². The molecule has 1 atom stereocenters. The van der Waals surface area contributed by atoms with Crippen molar-refractivity contribution < 1.29 is 27.4 Å². The van der Waals surface area contributed by atoms with Crippen LogP contribution in [0.4, 0.5) is 23.2 Å². The minimum atomic E-state index is -5.06. The molecular weight excluding hydrogens is 402 g/mol. The Kier molecular flexibility index (Phi) is 7.41. The number of halogens is 4. The van der Waals surface area contributed by atoms with Crippen LogP contribution in [0.2, 0.25) is 0 Å². The predicted molar refractivity (Wildman–Crippen MR) is 107 cm³/mol. The number of alkyl halides is 3. The number of aliphatic hydroxyl groups is 1. The topological polar surface area (TPSA) is 58.0 Å². The summed E-state index contributed by atoms with van der Waals surface area (Å²) in [7, 11) is 1.81. The van der Waals surface area contributed by atoms with Gasteiger partial charge in [0.05, 0.1) is 18.6 Å². The molecule has 1 aromatic heterocycles. The lowest BCUT2D eigenvalue weighted by Crippen LogP contribution is -2.44. The van der Waals surface area contributed by atoms with E-state index in [-0.39, 0.29) is 18.1 Å². The van der Waals surface area contributed by atoms with Gasteiger partial charge in [-0.2, -0.15) is 17.6 Å². The summed E-state index contributed by atoms with van der Waals surface area (Å²) in [6, 6.07) is 6.06. The van der Waals surface area contributed by atoms with Crippen LogP contribution in [0.25, 0.3) is 0 Å². The quantitative estimate of drug-likeness (QED) is 0.291. The summed E-state index contributed by atoms with van der Waals surface area (Å²) in [5, 5.41) is 10.8. The molecule has 0 aliphatic rings. The molecule has 9 heteroatoms. The predicted octanol–water partition coefficient (Wildman–Crippen LogP) is 4.53. The minimum absolute atomic E-state index is 0.0836. The molecule has 2 aromatic rings. The second-order valence-corrected chi connectivity index (χ2v) is 6.87. The summed E-state index contributed by atoms with van der Waals surface area (Å²) in [6.45, 7) is 5.93. The second-order valence-electron chi connectivity index (χ2n) is 6.87. The molecule has 0 spiro atoms. The first-order valence-corrected chi connectivity index (χ1v) is 9.44. The first-order chi connectivity index (χ1) is 14.0. The van der Waals surface area contributed by atoms with Crippen LogP contribution >= 0.6 is 0 Å². The Labute approximate surface area is 173 Å². The maximum atomic E-state index is 14.1. The molecule has 0 aliphatic heterocycles. The number of aliphatic imine (C=N–C) groups is 1. The summed E-state index contributed by atoms with van der Waals surface area (Å²) < 4.78 is 61.0. The standard InChI is InChI=1S/C21H25F4N3O2/c1-5-28(4)13-26-17-11-18(30-6-2)16(10-14(17)3)20(29,21(23,24)25)12-15-8-7-9-19(22)27-15/h7-11,13,29H,5-6,12H2,1-4H3. The van der Waals surface area contributed by atoms with E-state index in [2.05, 4.69) is 9.98 Å². The number of pyridine rings is 1. The maximum absolute atomic E-state index is 14.1. The third-order valence-corrected chi connectivity index (χ3v) is 4.61. The number of hydrogen-bond donors (Lipinski definition) is 1. The van der Waals surface area contributed by atoms with E-state index in [1.54, 1.807) is 25.1 Å². The maximum Gasteiger partial charge on any atom is 0.421 e. The monoisotopic (exact) mass is 427 g/mol. The van der Waals surface area contributed by atoms with E-state index in [9.17, 15) is 22.7 Å². The number of aromatic nitrogens is 1. The minimum Gasteiger partial charge on any atom is -0.493 e. The van der Waals surface area contributed by atoms with Crippen molar-refractivity contribution in [3.63, 3.8) is 0 Å². The molecule has 0 saturated carbocycles. The number of benzene rings is 1. The molecule has 0 fully saturated rings.